The van der Waals surface area contributed by atoms with Gasteiger partial charge in [-0.15, -0.1) is 0 Å². The molecule has 0 bridgehead atoms. The van der Waals surface area contributed by atoms with Gasteiger partial charge in [0.05, 0.1) is 13.7 Å². The van der Waals surface area contributed by atoms with Crippen molar-refractivity contribution in [2.24, 2.45) is 0 Å². The maximum atomic E-state index is 12.0. The van der Waals surface area contributed by atoms with Crippen LogP contribution < -0.4 is 15.4 Å². The number of aromatic nitrogens is 4. The lowest BCUT2D eigenvalue weighted by molar-refractivity contribution is 0.240. The molecule has 1 aromatic carbocycles. The van der Waals surface area contributed by atoms with Gasteiger partial charge in [-0.2, -0.15) is 5.10 Å². The van der Waals surface area contributed by atoms with E-state index in [0.717, 1.165) is 16.7 Å². The van der Waals surface area contributed by atoms with Crippen LogP contribution in [0.1, 0.15) is 16.7 Å². The van der Waals surface area contributed by atoms with E-state index >= 15 is 0 Å². The number of methoxy groups -OCH3 is 1. The Hall–Kier alpha value is -3.42. The van der Waals surface area contributed by atoms with Gasteiger partial charge in [0.25, 0.3) is 0 Å². The molecule has 8 nitrogen and oxygen atoms in total. The molecule has 2 heterocycles. The van der Waals surface area contributed by atoms with E-state index in [1.54, 1.807) is 30.4 Å². The molecule has 2 N–H and O–H groups in total. The van der Waals surface area contributed by atoms with Crippen LogP contribution in [0.25, 0.3) is 0 Å². The summed E-state index contributed by atoms with van der Waals surface area (Å²) in [6.07, 6.45) is 4.84. The summed E-state index contributed by atoms with van der Waals surface area (Å²) in [5, 5.41) is 9.71. The normalized spacial score (nSPS) is 10.3. The molecule has 2 aromatic heterocycles. The Kier molecular flexibility index (Phi) is 5.76. The third-order valence-electron chi connectivity index (χ3n) is 3.77. The highest BCUT2D eigenvalue weighted by molar-refractivity contribution is 5.73. The molecular weight excluding hydrogens is 332 g/mol. The lowest BCUT2D eigenvalue weighted by Gasteiger charge is -2.10. The van der Waals surface area contributed by atoms with Crippen LogP contribution in [-0.2, 0) is 19.6 Å². The van der Waals surface area contributed by atoms with Gasteiger partial charge in [0, 0.05) is 24.8 Å². The molecule has 3 rings (SSSR count). The highest BCUT2D eigenvalue weighted by Crippen LogP contribution is 2.12. The number of carbonyl (C=O) groups is 1. The highest BCUT2D eigenvalue weighted by atomic mass is 16.5. The zero-order chi connectivity index (χ0) is 18.2. The summed E-state index contributed by atoms with van der Waals surface area (Å²) in [6.45, 7) is 1.46. The third kappa shape index (κ3) is 4.79. The number of pyridine rings is 1. The van der Waals surface area contributed by atoms with E-state index in [4.69, 9.17) is 4.74 Å². The van der Waals surface area contributed by atoms with Gasteiger partial charge in [0.2, 0.25) is 5.88 Å². The number of hydrogen-bond donors (Lipinski definition) is 2. The maximum absolute atomic E-state index is 12.0. The minimum absolute atomic E-state index is 0.248. The topological polar surface area (TPSA) is 94.0 Å². The Morgan fingerprint density at radius 2 is 1.88 bits per heavy atom. The first-order valence-electron chi connectivity index (χ1n) is 8.14. The minimum atomic E-state index is -0.248. The summed E-state index contributed by atoms with van der Waals surface area (Å²) in [7, 11) is 1.55. The Labute approximate surface area is 151 Å². The van der Waals surface area contributed by atoms with E-state index < -0.39 is 0 Å². The summed E-state index contributed by atoms with van der Waals surface area (Å²) in [4.78, 5) is 20.0. The van der Waals surface area contributed by atoms with Crippen LogP contribution >= 0.6 is 0 Å². The fourth-order valence-corrected chi connectivity index (χ4v) is 2.43. The molecule has 0 atom stereocenters. The highest BCUT2D eigenvalue weighted by Gasteiger charge is 2.06. The molecule has 0 saturated heterocycles. The molecule has 8 heteroatoms. The molecule has 0 fully saturated rings. The molecular formula is C18H20N6O2. The van der Waals surface area contributed by atoms with Gasteiger partial charge in [0.15, 0.2) is 0 Å². The van der Waals surface area contributed by atoms with Crippen molar-refractivity contribution in [3.63, 3.8) is 0 Å². The second-order valence-electron chi connectivity index (χ2n) is 5.62. The van der Waals surface area contributed by atoms with Gasteiger partial charge in [-0.3, -0.25) is 0 Å². The van der Waals surface area contributed by atoms with Crippen LogP contribution in [0.4, 0.5) is 4.79 Å². The van der Waals surface area contributed by atoms with E-state index in [-0.39, 0.29) is 6.03 Å². The lowest BCUT2D eigenvalue weighted by atomic mass is 10.1. The van der Waals surface area contributed by atoms with E-state index in [2.05, 4.69) is 25.7 Å². The molecule has 3 aromatic rings. The van der Waals surface area contributed by atoms with E-state index in [1.807, 2.05) is 30.3 Å². The molecule has 0 aliphatic carbocycles. The maximum Gasteiger partial charge on any atom is 0.315 e. The Balaban J connectivity index is 1.45. The Bertz CT molecular complexity index is 833. The summed E-state index contributed by atoms with van der Waals surface area (Å²) in [6, 6.07) is 11.4. The largest absolute Gasteiger partial charge is 0.481 e. The molecule has 0 spiro atoms. The number of benzene rings is 1. The predicted molar refractivity (Wildman–Crippen MR) is 95.4 cm³/mol. The third-order valence-corrected chi connectivity index (χ3v) is 3.77. The number of urea groups is 1. The monoisotopic (exact) mass is 352 g/mol. The summed E-state index contributed by atoms with van der Waals surface area (Å²) < 4.78 is 6.92. The fourth-order valence-electron chi connectivity index (χ4n) is 2.43. The fraction of sp³-hybridized carbons (Fsp3) is 0.222. The minimum Gasteiger partial charge on any atom is -0.481 e. The molecule has 0 radical (unpaired) electrons. The molecule has 0 aliphatic rings. The van der Waals surface area contributed by atoms with Crippen molar-refractivity contribution in [1.82, 2.24) is 30.4 Å². The van der Waals surface area contributed by atoms with Gasteiger partial charge in [-0.1, -0.05) is 30.3 Å². The number of nitrogens with one attached hydrogen (secondary N) is 2. The van der Waals surface area contributed by atoms with Crippen molar-refractivity contribution in [2.75, 3.05) is 7.11 Å². The van der Waals surface area contributed by atoms with Gasteiger partial charge in [0.1, 0.15) is 12.7 Å². The average Bonchev–Trinajstić information content (AvgIpc) is 3.19. The Morgan fingerprint density at radius 3 is 2.62 bits per heavy atom. The Morgan fingerprint density at radius 1 is 1.12 bits per heavy atom. The van der Waals surface area contributed by atoms with Crippen molar-refractivity contribution < 1.29 is 9.53 Å². The summed E-state index contributed by atoms with van der Waals surface area (Å²) in [5.74, 6) is 0.510. The summed E-state index contributed by atoms with van der Waals surface area (Å²) >= 11 is 0. The van der Waals surface area contributed by atoms with Crippen LogP contribution in [0, 0.1) is 0 Å². The number of ether oxygens (including phenoxy) is 1. The summed E-state index contributed by atoms with van der Waals surface area (Å²) in [5.41, 5.74) is 2.96. The second-order valence-corrected chi connectivity index (χ2v) is 5.62. The zero-order valence-electron chi connectivity index (χ0n) is 14.4. The lowest BCUT2D eigenvalue weighted by Crippen LogP contribution is -2.34. The van der Waals surface area contributed by atoms with Crippen LogP contribution in [0.15, 0.2) is 55.2 Å². The predicted octanol–water partition coefficient (Wildman–Crippen LogP) is 1.73. The second kappa shape index (κ2) is 8.61. The number of carbonyl (C=O) groups excluding carboxylic acids is 1. The average molecular weight is 352 g/mol. The van der Waals surface area contributed by atoms with E-state index in [9.17, 15) is 4.79 Å². The number of hydrogen-bond acceptors (Lipinski definition) is 5. The first kappa shape index (κ1) is 17.4. The van der Waals surface area contributed by atoms with Crippen LogP contribution in [-0.4, -0.2) is 32.9 Å². The van der Waals surface area contributed by atoms with Crippen molar-refractivity contribution in [3.8, 4) is 5.88 Å². The zero-order valence-corrected chi connectivity index (χ0v) is 14.4. The van der Waals surface area contributed by atoms with Crippen LogP contribution in [0.3, 0.4) is 0 Å². The van der Waals surface area contributed by atoms with Crippen molar-refractivity contribution in [3.05, 3.63) is 71.9 Å². The smallest absolute Gasteiger partial charge is 0.315 e. The first-order chi connectivity index (χ1) is 12.7. The SMILES string of the molecule is COc1ncccc1CNC(=O)NCc1ccc(Cn2cncn2)cc1. The van der Waals surface area contributed by atoms with Gasteiger partial charge < -0.3 is 15.4 Å². The van der Waals surface area contributed by atoms with Gasteiger partial charge in [-0.25, -0.2) is 19.4 Å². The number of amides is 2. The van der Waals surface area contributed by atoms with Gasteiger partial charge >= 0.3 is 6.03 Å². The van der Waals surface area contributed by atoms with Crippen molar-refractivity contribution >= 4 is 6.03 Å². The molecule has 134 valence electrons. The van der Waals surface area contributed by atoms with Crippen molar-refractivity contribution in [2.45, 2.75) is 19.6 Å². The van der Waals surface area contributed by atoms with Crippen LogP contribution in [0.2, 0.25) is 0 Å². The van der Waals surface area contributed by atoms with Crippen molar-refractivity contribution in [1.29, 1.82) is 0 Å². The molecule has 2 amide bonds. The standard InChI is InChI=1S/C18H20N6O2/c1-26-17-16(3-2-8-20-17)10-22-18(25)21-9-14-4-6-15(7-5-14)11-24-13-19-12-23-24/h2-8,12-13H,9-11H2,1H3,(H2,21,22,25). The molecule has 0 unspecified atom stereocenters. The van der Waals surface area contributed by atoms with Crippen LogP contribution in [0.5, 0.6) is 5.88 Å². The molecule has 0 saturated carbocycles. The van der Waals surface area contributed by atoms with E-state index in [1.165, 1.54) is 6.33 Å². The van der Waals surface area contributed by atoms with E-state index in [0.29, 0.717) is 25.5 Å². The van der Waals surface area contributed by atoms with Gasteiger partial charge in [-0.05, 0) is 17.2 Å². The molecule has 0 aliphatic heterocycles. The molecule has 26 heavy (non-hydrogen) atoms. The number of nitrogens with zero attached hydrogens (tertiary/aromatic N) is 4. The quantitative estimate of drug-likeness (QED) is 0.675. The number of rotatable bonds is 7. The first-order valence-corrected chi connectivity index (χ1v) is 8.14.